The molecular weight excluding hydrogens is 212 g/mol. The second-order valence-electron chi connectivity index (χ2n) is 7.95. The summed E-state index contributed by atoms with van der Waals surface area (Å²) in [5.41, 5.74) is -0.302. The summed E-state index contributed by atoms with van der Waals surface area (Å²) >= 11 is 0. The van der Waals surface area contributed by atoms with Gasteiger partial charge in [0.25, 0.3) is 0 Å². The average molecular weight is 236 g/mol. The summed E-state index contributed by atoms with van der Waals surface area (Å²) in [6, 6.07) is 0. The molecule has 0 radical (unpaired) electrons. The topological polar surface area (TPSA) is 37.3 Å². The summed E-state index contributed by atoms with van der Waals surface area (Å²) < 4.78 is 0. The van der Waals surface area contributed by atoms with E-state index in [1.54, 1.807) is 0 Å². The standard InChI is InChI=1S/C15H24O2/c1-13(2)7-9-10(8-13)14(3)5-6-15(4,11(9)16)12(14)17/h9-11,16H,5-8H2,1-4H3/t9?,10?,11?,14-,15+/m1/s1. The second kappa shape index (κ2) is 2.96. The molecule has 0 heterocycles. The number of fused-ring (bicyclic) bond motifs is 4. The van der Waals surface area contributed by atoms with Crippen LogP contribution in [0.15, 0.2) is 0 Å². The van der Waals surface area contributed by atoms with Gasteiger partial charge in [0.15, 0.2) is 0 Å². The summed E-state index contributed by atoms with van der Waals surface area (Å²) in [5.74, 6) is 1.10. The summed E-state index contributed by atoms with van der Waals surface area (Å²) in [4.78, 5) is 12.6. The Balaban J connectivity index is 2.08. The SMILES string of the molecule is CC1(C)CC2C(C1)[C@@]1(C)CC[C@](C)(C1=O)C2O. The number of rotatable bonds is 0. The second-order valence-corrected chi connectivity index (χ2v) is 7.95. The molecule has 17 heavy (non-hydrogen) atoms. The number of Topliss-reactive ketones (excluding diaryl/α,β-unsaturated/α-hetero) is 1. The van der Waals surface area contributed by atoms with Gasteiger partial charge in [-0.25, -0.2) is 0 Å². The van der Waals surface area contributed by atoms with Crippen LogP contribution in [0, 0.1) is 28.1 Å². The molecule has 5 atom stereocenters. The molecule has 3 fully saturated rings. The first kappa shape index (κ1) is 11.7. The van der Waals surface area contributed by atoms with Crippen molar-refractivity contribution in [3.63, 3.8) is 0 Å². The van der Waals surface area contributed by atoms with E-state index in [1.165, 1.54) is 0 Å². The first-order valence-corrected chi connectivity index (χ1v) is 6.94. The van der Waals surface area contributed by atoms with E-state index in [2.05, 4.69) is 20.8 Å². The minimum Gasteiger partial charge on any atom is -0.392 e. The Bertz CT molecular complexity index is 386. The minimum atomic E-state index is -0.448. The molecule has 1 N–H and O–H groups in total. The molecule has 0 aromatic carbocycles. The predicted octanol–water partition coefficient (Wildman–Crippen LogP) is 2.79. The molecule has 3 aliphatic rings. The van der Waals surface area contributed by atoms with Crippen LogP contribution in [0.1, 0.15) is 53.4 Å². The van der Waals surface area contributed by atoms with E-state index in [4.69, 9.17) is 0 Å². The Kier molecular flexibility index (Phi) is 2.04. The number of carbonyl (C=O) groups excluding carboxylic acids is 1. The molecule has 96 valence electrons. The molecule has 0 saturated heterocycles. The molecule has 2 nitrogen and oxygen atoms in total. The van der Waals surface area contributed by atoms with Gasteiger partial charge >= 0.3 is 0 Å². The van der Waals surface area contributed by atoms with E-state index in [0.29, 0.717) is 23.0 Å². The van der Waals surface area contributed by atoms with Crippen LogP contribution in [0.25, 0.3) is 0 Å². The summed E-state index contributed by atoms with van der Waals surface area (Å²) in [6.45, 7) is 8.71. The zero-order valence-corrected chi connectivity index (χ0v) is 11.4. The molecule has 0 amide bonds. The van der Waals surface area contributed by atoms with Crippen molar-refractivity contribution in [2.75, 3.05) is 0 Å². The third-order valence-electron chi connectivity index (χ3n) is 6.16. The molecule has 0 aromatic rings. The van der Waals surface area contributed by atoms with Crippen molar-refractivity contribution in [3.8, 4) is 0 Å². The van der Waals surface area contributed by atoms with E-state index < -0.39 is 11.5 Å². The molecule has 0 aliphatic heterocycles. The molecule has 3 aliphatic carbocycles. The lowest BCUT2D eigenvalue weighted by Crippen LogP contribution is -2.54. The number of carbonyl (C=O) groups is 1. The van der Waals surface area contributed by atoms with Crippen LogP contribution < -0.4 is 0 Å². The van der Waals surface area contributed by atoms with Crippen molar-refractivity contribution in [2.45, 2.75) is 59.5 Å². The summed E-state index contributed by atoms with van der Waals surface area (Å²) in [6.07, 6.45) is 3.65. The highest BCUT2D eigenvalue weighted by Gasteiger charge is 2.68. The number of aliphatic hydroxyl groups is 1. The highest BCUT2D eigenvalue weighted by atomic mass is 16.3. The van der Waals surface area contributed by atoms with Crippen molar-refractivity contribution >= 4 is 5.78 Å². The molecule has 2 heteroatoms. The van der Waals surface area contributed by atoms with E-state index in [9.17, 15) is 9.90 Å². The van der Waals surface area contributed by atoms with Gasteiger partial charge in [0.1, 0.15) is 5.78 Å². The fourth-order valence-electron chi connectivity index (χ4n) is 5.15. The number of hydrogen-bond donors (Lipinski definition) is 1. The van der Waals surface area contributed by atoms with Crippen LogP contribution in [-0.2, 0) is 4.79 Å². The lowest BCUT2D eigenvalue weighted by molar-refractivity contribution is -0.154. The van der Waals surface area contributed by atoms with Gasteiger partial charge < -0.3 is 5.11 Å². The van der Waals surface area contributed by atoms with Gasteiger partial charge in [0, 0.05) is 5.41 Å². The highest BCUT2D eigenvalue weighted by Crippen LogP contribution is 2.66. The van der Waals surface area contributed by atoms with Gasteiger partial charge in [-0.15, -0.1) is 0 Å². The maximum Gasteiger partial charge on any atom is 0.147 e. The zero-order valence-electron chi connectivity index (χ0n) is 11.4. The van der Waals surface area contributed by atoms with Crippen LogP contribution >= 0.6 is 0 Å². The third kappa shape index (κ3) is 1.23. The predicted molar refractivity (Wildman–Crippen MR) is 66.5 cm³/mol. The van der Waals surface area contributed by atoms with Crippen molar-refractivity contribution in [2.24, 2.45) is 28.1 Å². The Morgan fingerprint density at radius 1 is 1.06 bits per heavy atom. The fourth-order valence-corrected chi connectivity index (χ4v) is 5.15. The first-order valence-electron chi connectivity index (χ1n) is 6.94. The van der Waals surface area contributed by atoms with Crippen molar-refractivity contribution < 1.29 is 9.90 Å². The number of hydrogen-bond acceptors (Lipinski definition) is 2. The molecule has 0 aromatic heterocycles. The van der Waals surface area contributed by atoms with Crippen LogP contribution in [0.4, 0.5) is 0 Å². The largest absolute Gasteiger partial charge is 0.392 e. The Morgan fingerprint density at radius 2 is 1.65 bits per heavy atom. The molecule has 0 spiro atoms. The monoisotopic (exact) mass is 236 g/mol. The fraction of sp³-hybridized carbons (Fsp3) is 0.933. The van der Waals surface area contributed by atoms with E-state index in [0.717, 1.165) is 25.7 Å². The third-order valence-corrected chi connectivity index (χ3v) is 6.16. The summed E-state index contributed by atoms with van der Waals surface area (Å²) in [7, 11) is 0. The molecule has 2 bridgehead atoms. The van der Waals surface area contributed by atoms with Crippen molar-refractivity contribution in [3.05, 3.63) is 0 Å². The number of aliphatic hydroxyl groups excluding tert-OH is 1. The normalized spacial score (nSPS) is 56.1. The maximum atomic E-state index is 12.6. The highest BCUT2D eigenvalue weighted by molar-refractivity contribution is 5.93. The molecule has 3 saturated carbocycles. The van der Waals surface area contributed by atoms with E-state index in [-0.39, 0.29) is 5.41 Å². The first-order chi connectivity index (χ1) is 7.71. The zero-order chi connectivity index (χ0) is 12.6. The Hall–Kier alpha value is -0.370. The minimum absolute atomic E-state index is 0.146. The summed E-state index contributed by atoms with van der Waals surface area (Å²) in [5, 5.41) is 10.6. The van der Waals surface area contributed by atoms with Gasteiger partial charge in [-0.2, -0.15) is 0 Å². The van der Waals surface area contributed by atoms with Crippen LogP contribution in [0.3, 0.4) is 0 Å². The van der Waals surface area contributed by atoms with Gasteiger partial charge in [-0.05, 0) is 42.9 Å². The Morgan fingerprint density at radius 3 is 2.29 bits per heavy atom. The van der Waals surface area contributed by atoms with Crippen molar-refractivity contribution in [1.82, 2.24) is 0 Å². The van der Waals surface area contributed by atoms with Crippen LogP contribution in [-0.4, -0.2) is 17.0 Å². The van der Waals surface area contributed by atoms with Gasteiger partial charge in [0.2, 0.25) is 0 Å². The number of ketones is 1. The lowest BCUT2D eigenvalue weighted by atomic mass is 9.58. The van der Waals surface area contributed by atoms with E-state index >= 15 is 0 Å². The Labute approximate surface area is 104 Å². The molecular formula is C15H24O2. The maximum absolute atomic E-state index is 12.6. The van der Waals surface area contributed by atoms with E-state index in [1.807, 2.05) is 6.92 Å². The van der Waals surface area contributed by atoms with Gasteiger partial charge in [-0.3, -0.25) is 4.79 Å². The molecule has 3 rings (SSSR count). The van der Waals surface area contributed by atoms with Gasteiger partial charge in [-0.1, -0.05) is 27.7 Å². The lowest BCUT2D eigenvalue weighted by Gasteiger charge is -2.46. The quantitative estimate of drug-likeness (QED) is 0.702. The van der Waals surface area contributed by atoms with Crippen molar-refractivity contribution in [1.29, 1.82) is 0 Å². The molecule has 3 unspecified atom stereocenters. The van der Waals surface area contributed by atoms with Crippen LogP contribution in [0.2, 0.25) is 0 Å². The van der Waals surface area contributed by atoms with Crippen LogP contribution in [0.5, 0.6) is 0 Å². The smallest absolute Gasteiger partial charge is 0.147 e. The van der Waals surface area contributed by atoms with Gasteiger partial charge in [0.05, 0.1) is 11.5 Å². The average Bonchev–Trinajstić information content (AvgIpc) is 2.67.